The highest BCUT2D eigenvalue weighted by Gasteiger charge is 2.48. The summed E-state index contributed by atoms with van der Waals surface area (Å²) in [4.78, 5) is 51.9. The number of amides is 2. The molecule has 2 aromatic rings. The monoisotopic (exact) mass is 584 g/mol. The van der Waals surface area contributed by atoms with Crippen LogP contribution in [0.25, 0.3) is 0 Å². The Balaban J connectivity index is 1.59. The molecule has 1 saturated heterocycles. The number of fused-ring (bicyclic) bond motifs is 1. The highest BCUT2D eigenvalue weighted by Crippen LogP contribution is 2.48. The van der Waals surface area contributed by atoms with Gasteiger partial charge in [-0.25, -0.2) is 0 Å². The summed E-state index contributed by atoms with van der Waals surface area (Å²) in [5.41, 5.74) is 1.81. The van der Waals surface area contributed by atoms with Crippen LogP contribution in [0, 0.1) is 5.92 Å². The summed E-state index contributed by atoms with van der Waals surface area (Å²) in [7, 11) is -1.36. The Hall–Kier alpha value is -3.25. The average Bonchev–Trinajstić information content (AvgIpc) is 2.90. The fourth-order valence-corrected chi connectivity index (χ4v) is 7.65. The molecule has 2 heterocycles. The topological polar surface area (TPSA) is 126 Å². The van der Waals surface area contributed by atoms with Gasteiger partial charge in [-0.2, -0.15) is 0 Å². The maximum Gasteiger partial charge on any atom is 0.304 e. The van der Waals surface area contributed by atoms with Crippen LogP contribution in [0.1, 0.15) is 43.9 Å². The summed E-state index contributed by atoms with van der Waals surface area (Å²) in [5.74, 6) is -0.467. The molecular formula is C30H40N2O8Si. The van der Waals surface area contributed by atoms with Crippen LogP contribution in [-0.4, -0.2) is 73.5 Å². The quantitative estimate of drug-likeness (QED) is 0.234. The number of esters is 1. The first kappa shape index (κ1) is 30.7. The van der Waals surface area contributed by atoms with Crippen molar-refractivity contribution < 1.29 is 38.5 Å². The predicted molar refractivity (Wildman–Crippen MR) is 154 cm³/mol. The predicted octanol–water partition coefficient (Wildman–Crippen LogP) is 3.38. The van der Waals surface area contributed by atoms with Gasteiger partial charge in [-0.05, 0) is 36.9 Å². The molecule has 0 radical (unpaired) electrons. The van der Waals surface area contributed by atoms with E-state index in [-0.39, 0.29) is 43.7 Å². The molecule has 2 aliphatic heterocycles. The molecule has 11 heteroatoms. The summed E-state index contributed by atoms with van der Waals surface area (Å²) in [5, 5.41) is 9.66. The first-order valence-corrected chi connectivity index (χ1v) is 16.9. The molecule has 2 N–H and O–H groups in total. The second-order valence-corrected chi connectivity index (χ2v) is 15.4. The van der Waals surface area contributed by atoms with E-state index in [1.807, 2.05) is 43.3 Å². The molecule has 222 valence electrons. The van der Waals surface area contributed by atoms with E-state index in [0.717, 1.165) is 11.1 Å². The normalized spacial score (nSPS) is 22.7. The molecular weight excluding hydrogens is 544 g/mol. The van der Waals surface area contributed by atoms with Crippen LogP contribution in [0.15, 0.2) is 48.5 Å². The van der Waals surface area contributed by atoms with Gasteiger partial charge in [0.1, 0.15) is 11.9 Å². The van der Waals surface area contributed by atoms with Crippen LogP contribution in [0.2, 0.25) is 18.6 Å². The van der Waals surface area contributed by atoms with E-state index in [9.17, 15) is 24.3 Å². The lowest BCUT2D eigenvalue weighted by molar-refractivity contribution is -0.153. The van der Waals surface area contributed by atoms with Gasteiger partial charge in [0, 0.05) is 56.3 Å². The Kier molecular flexibility index (Phi) is 9.53. The van der Waals surface area contributed by atoms with Crippen LogP contribution < -0.4 is 9.64 Å². The molecule has 2 amide bonds. The molecule has 0 saturated carbocycles. The zero-order chi connectivity index (χ0) is 29.9. The van der Waals surface area contributed by atoms with Gasteiger partial charge in [0.2, 0.25) is 11.8 Å². The number of hydrogen-bond acceptors (Lipinski definition) is 8. The molecule has 5 atom stereocenters. The third kappa shape index (κ3) is 6.80. The number of carbonyl (C=O) groups excluding carboxylic acids is 3. The first-order chi connectivity index (χ1) is 19.4. The number of nitrogens with zero attached hydrogens (tertiary/aromatic N) is 2. The highest BCUT2D eigenvalue weighted by molar-refractivity contribution is 6.71. The van der Waals surface area contributed by atoms with Crippen molar-refractivity contribution >= 4 is 31.8 Å². The number of aliphatic hydroxyl groups is 1. The minimum Gasteiger partial charge on any atom is -0.490 e. The number of methoxy groups -OCH3 is 1. The van der Waals surface area contributed by atoms with Crippen molar-refractivity contribution in [2.24, 2.45) is 5.92 Å². The van der Waals surface area contributed by atoms with Crippen LogP contribution >= 0.6 is 0 Å². The van der Waals surface area contributed by atoms with E-state index < -0.39 is 38.3 Å². The molecule has 2 aromatic carbocycles. The summed E-state index contributed by atoms with van der Waals surface area (Å²) in [6, 6.07) is 14.9. The lowest BCUT2D eigenvalue weighted by atomic mass is 9.86. The first-order valence-electron chi connectivity index (χ1n) is 13.9. The van der Waals surface area contributed by atoms with Crippen molar-refractivity contribution in [3.8, 4) is 5.75 Å². The minimum absolute atomic E-state index is 0.0633. The van der Waals surface area contributed by atoms with Crippen LogP contribution in [0.4, 0.5) is 5.69 Å². The standard InChI is InChI=1S/C30H40N2O8Si/c1-19-29(38-3)23-15-22(32-27(36)17-28(32)39-20(2)34)11-12-24(23)40-30(19)25(41(4,5)37)16-26(35)31(13-14-33)18-21-9-7-6-8-10-21/h6-12,15,19,25,28-30,33,37H,13-14,16-18H2,1-5H3/t19-,25?,28?,29-,30-/m1/s1. The number of ether oxygens (including phenoxy) is 3. The van der Waals surface area contributed by atoms with Crippen LogP contribution in [0.5, 0.6) is 5.75 Å². The summed E-state index contributed by atoms with van der Waals surface area (Å²) in [6.45, 7) is 7.26. The third-order valence-electron chi connectivity index (χ3n) is 7.94. The number of β-lactam (4-membered cyclic amide) rings is 1. The van der Waals surface area contributed by atoms with E-state index in [2.05, 4.69) is 0 Å². The Labute approximate surface area is 241 Å². The highest BCUT2D eigenvalue weighted by atomic mass is 28.4. The van der Waals surface area contributed by atoms with E-state index >= 15 is 0 Å². The Morgan fingerprint density at radius 1 is 1.20 bits per heavy atom. The summed E-state index contributed by atoms with van der Waals surface area (Å²) in [6.07, 6.45) is -1.40. The van der Waals surface area contributed by atoms with Crippen LogP contribution in [-0.2, 0) is 30.4 Å². The summed E-state index contributed by atoms with van der Waals surface area (Å²) < 4.78 is 17.7. The number of benzene rings is 2. The molecule has 0 aromatic heterocycles. The maximum absolute atomic E-state index is 13.6. The number of anilines is 1. The van der Waals surface area contributed by atoms with Crippen molar-refractivity contribution in [2.45, 2.75) is 70.3 Å². The van der Waals surface area contributed by atoms with E-state index in [1.165, 1.54) is 11.8 Å². The van der Waals surface area contributed by atoms with Gasteiger partial charge in [-0.1, -0.05) is 37.3 Å². The second kappa shape index (κ2) is 12.7. The molecule has 2 unspecified atom stereocenters. The van der Waals surface area contributed by atoms with Crippen molar-refractivity contribution in [2.75, 3.05) is 25.2 Å². The molecule has 0 bridgehead atoms. The second-order valence-electron chi connectivity index (χ2n) is 11.3. The largest absolute Gasteiger partial charge is 0.490 e. The molecule has 0 aliphatic carbocycles. The Bertz CT molecular complexity index is 1250. The molecule has 41 heavy (non-hydrogen) atoms. The maximum atomic E-state index is 13.6. The van der Waals surface area contributed by atoms with Gasteiger partial charge in [0.15, 0.2) is 14.5 Å². The van der Waals surface area contributed by atoms with E-state index in [1.54, 1.807) is 37.2 Å². The number of hydrogen-bond donors (Lipinski definition) is 2. The number of aliphatic hydroxyl groups excluding tert-OH is 1. The lowest BCUT2D eigenvalue weighted by Gasteiger charge is -2.44. The molecule has 1 fully saturated rings. The van der Waals surface area contributed by atoms with Gasteiger partial charge in [-0.15, -0.1) is 0 Å². The van der Waals surface area contributed by atoms with Crippen molar-refractivity contribution in [1.82, 2.24) is 4.90 Å². The Morgan fingerprint density at radius 3 is 2.49 bits per heavy atom. The average molecular weight is 585 g/mol. The lowest BCUT2D eigenvalue weighted by Crippen LogP contribution is -2.55. The Morgan fingerprint density at radius 2 is 1.90 bits per heavy atom. The van der Waals surface area contributed by atoms with Gasteiger partial charge < -0.3 is 29.0 Å². The zero-order valence-electron chi connectivity index (χ0n) is 24.3. The van der Waals surface area contributed by atoms with Gasteiger partial charge in [0.25, 0.3) is 0 Å². The minimum atomic E-state index is -2.95. The smallest absolute Gasteiger partial charge is 0.304 e. The van der Waals surface area contributed by atoms with Gasteiger partial charge in [-0.3, -0.25) is 19.3 Å². The molecule has 2 aliphatic rings. The third-order valence-corrected chi connectivity index (χ3v) is 10.3. The number of rotatable bonds is 11. The fourth-order valence-electron chi connectivity index (χ4n) is 5.80. The fraction of sp³-hybridized carbons (Fsp3) is 0.500. The zero-order valence-corrected chi connectivity index (χ0v) is 25.3. The SMILES string of the molecule is CO[C@H]1c2cc(N3C(=O)CC3OC(C)=O)ccc2O[C@@H](C(CC(=O)N(CCO)Cc2ccccc2)[Si](C)(C)O)[C@@H]1C. The molecule has 0 spiro atoms. The van der Waals surface area contributed by atoms with E-state index in [0.29, 0.717) is 18.0 Å². The molecule has 4 rings (SSSR count). The van der Waals surface area contributed by atoms with Crippen LogP contribution in [0.3, 0.4) is 0 Å². The van der Waals surface area contributed by atoms with E-state index in [4.69, 9.17) is 14.2 Å². The molecule has 10 nitrogen and oxygen atoms in total. The van der Waals surface area contributed by atoms with Gasteiger partial charge >= 0.3 is 5.97 Å². The van der Waals surface area contributed by atoms with Crippen molar-refractivity contribution in [1.29, 1.82) is 0 Å². The van der Waals surface area contributed by atoms with Gasteiger partial charge in [0.05, 0.1) is 19.1 Å². The number of carbonyl (C=O) groups is 3. The van der Waals surface area contributed by atoms with Crippen molar-refractivity contribution in [3.63, 3.8) is 0 Å². The summed E-state index contributed by atoms with van der Waals surface area (Å²) >= 11 is 0. The van der Waals surface area contributed by atoms with Crippen molar-refractivity contribution in [3.05, 3.63) is 59.7 Å².